The summed E-state index contributed by atoms with van der Waals surface area (Å²) in [4.78, 5) is 14.0. The predicted octanol–water partition coefficient (Wildman–Crippen LogP) is 4.22. The van der Waals surface area contributed by atoms with Gasteiger partial charge in [-0.2, -0.15) is 8.78 Å². The number of ether oxygens (including phenoxy) is 2. The number of carbonyl (C=O) groups excluding carboxylic acids is 1. The van der Waals surface area contributed by atoms with Crippen molar-refractivity contribution in [2.24, 2.45) is 0 Å². The monoisotopic (exact) mass is 355 g/mol. The number of carbonyl (C=O) groups is 1. The summed E-state index contributed by atoms with van der Waals surface area (Å²) in [5.41, 5.74) is 1.18. The summed E-state index contributed by atoms with van der Waals surface area (Å²) in [7, 11) is 2.96. The Morgan fingerprint density at radius 2 is 1.96 bits per heavy atom. The van der Waals surface area contributed by atoms with Crippen LogP contribution in [0, 0.1) is 0 Å². The van der Waals surface area contributed by atoms with Crippen LogP contribution in [0.25, 0.3) is 0 Å². The molecule has 0 spiro atoms. The lowest BCUT2D eigenvalue weighted by atomic mass is 10.1. The highest BCUT2D eigenvalue weighted by Crippen LogP contribution is 2.30. The number of halogens is 3. The maximum atomic E-state index is 12.5. The quantitative estimate of drug-likeness (QED) is 0.778. The van der Waals surface area contributed by atoms with Crippen molar-refractivity contribution in [3.8, 4) is 11.5 Å². The number of hydrogen-bond donors (Lipinski definition) is 0. The molecule has 1 amide bonds. The van der Waals surface area contributed by atoms with Crippen molar-refractivity contribution < 1.29 is 23.0 Å². The number of methoxy groups -OCH3 is 1. The van der Waals surface area contributed by atoms with Gasteiger partial charge < -0.3 is 14.4 Å². The first-order valence-corrected chi connectivity index (χ1v) is 7.41. The minimum Gasteiger partial charge on any atom is -0.493 e. The van der Waals surface area contributed by atoms with Gasteiger partial charge in [-0.1, -0.05) is 23.7 Å². The van der Waals surface area contributed by atoms with Gasteiger partial charge in [-0.25, -0.2) is 0 Å². The van der Waals surface area contributed by atoms with Crippen LogP contribution in [0.15, 0.2) is 42.5 Å². The molecule has 0 aliphatic carbocycles. The molecule has 0 N–H and O–H groups in total. The van der Waals surface area contributed by atoms with E-state index in [9.17, 15) is 13.6 Å². The lowest BCUT2D eigenvalue weighted by Crippen LogP contribution is -2.26. The van der Waals surface area contributed by atoms with Crippen molar-refractivity contribution in [3.05, 3.63) is 58.6 Å². The first-order chi connectivity index (χ1) is 11.4. The topological polar surface area (TPSA) is 38.8 Å². The third kappa shape index (κ3) is 4.58. The van der Waals surface area contributed by atoms with Crippen molar-refractivity contribution in [3.63, 3.8) is 0 Å². The predicted molar refractivity (Wildman–Crippen MR) is 86.9 cm³/mol. The second kappa shape index (κ2) is 7.97. The third-order valence-corrected chi connectivity index (χ3v) is 3.52. The zero-order chi connectivity index (χ0) is 17.7. The van der Waals surface area contributed by atoms with Gasteiger partial charge in [-0.05, 0) is 35.9 Å². The summed E-state index contributed by atoms with van der Waals surface area (Å²) in [5.74, 6) is -0.337. The highest BCUT2D eigenvalue weighted by molar-refractivity contribution is 6.30. The minimum atomic E-state index is -2.97. The Kier molecular flexibility index (Phi) is 5.98. The zero-order valence-corrected chi connectivity index (χ0v) is 13.9. The Bertz CT molecular complexity index is 725. The first kappa shape index (κ1) is 18.0. The molecule has 128 valence electrons. The van der Waals surface area contributed by atoms with E-state index in [1.165, 1.54) is 30.2 Å². The molecule has 2 aromatic rings. The molecule has 2 aromatic carbocycles. The van der Waals surface area contributed by atoms with Gasteiger partial charge >= 0.3 is 6.61 Å². The van der Waals surface area contributed by atoms with Crippen molar-refractivity contribution in [2.75, 3.05) is 14.2 Å². The molecule has 0 bridgehead atoms. The smallest absolute Gasteiger partial charge is 0.387 e. The molecule has 0 heterocycles. The Labute approximate surface area is 143 Å². The van der Waals surface area contributed by atoms with E-state index in [0.717, 1.165) is 5.56 Å². The molecular weight excluding hydrogens is 340 g/mol. The highest BCUT2D eigenvalue weighted by atomic mass is 35.5. The molecule has 4 nitrogen and oxygen atoms in total. The molecule has 0 saturated carbocycles. The summed E-state index contributed by atoms with van der Waals surface area (Å²) in [6, 6.07) is 11.2. The molecule has 0 radical (unpaired) electrons. The summed E-state index contributed by atoms with van der Waals surface area (Å²) < 4.78 is 34.0. The van der Waals surface area contributed by atoms with E-state index < -0.39 is 6.61 Å². The van der Waals surface area contributed by atoms with Crippen LogP contribution in [0.4, 0.5) is 8.78 Å². The summed E-state index contributed by atoms with van der Waals surface area (Å²) in [6.07, 6.45) is 0. The number of benzene rings is 2. The van der Waals surface area contributed by atoms with Crippen LogP contribution in [-0.4, -0.2) is 31.6 Å². The Balaban J connectivity index is 2.16. The molecule has 0 aromatic heterocycles. The van der Waals surface area contributed by atoms with Gasteiger partial charge in [0.2, 0.25) is 0 Å². The van der Waals surface area contributed by atoms with Gasteiger partial charge in [0.05, 0.1) is 7.11 Å². The minimum absolute atomic E-state index is 0.0669. The van der Waals surface area contributed by atoms with Crippen molar-refractivity contribution in [2.45, 2.75) is 13.2 Å². The van der Waals surface area contributed by atoms with Crippen LogP contribution in [0.5, 0.6) is 11.5 Å². The van der Waals surface area contributed by atoms with E-state index in [0.29, 0.717) is 17.1 Å². The van der Waals surface area contributed by atoms with Crippen LogP contribution < -0.4 is 9.47 Å². The standard InChI is InChI=1S/C17H16ClF2NO3/c1-21(10-11-4-3-5-13(18)8-11)16(22)12-6-7-14(24-17(19)20)15(9-12)23-2/h3-9,17H,10H2,1-2H3. The zero-order valence-electron chi connectivity index (χ0n) is 13.1. The average molecular weight is 356 g/mol. The molecule has 24 heavy (non-hydrogen) atoms. The van der Waals surface area contributed by atoms with Gasteiger partial charge in [0.1, 0.15) is 0 Å². The van der Waals surface area contributed by atoms with Gasteiger partial charge in [0, 0.05) is 24.2 Å². The van der Waals surface area contributed by atoms with E-state index in [-0.39, 0.29) is 17.4 Å². The number of rotatable bonds is 6. The molecule has 7 heteroatoms. The Morgan fingerprint density at radius 1 is 1.21 bits per heavy atom. The Morgan fingerprint density at radius 3 is 2.58 bits per heavy atom. The fourth-order valence-corrected chi connectivity index (χ4v) is 2.41. The normalized spacial score (nSPS) is 10.6. The Hall–Kier alpha value is -2.34. The molecule has 0 aliphatic heterocycles. The molecule has 0 saturated heterocycles. The van der Waals surface area contributed by atoms with Gasteiger partial charge in [0.15, 0.2) is 11.5 Å². The third-order valence-electron chi connectivity index (χ3n) is 3.28. The van der Waals surface area contributed by atoms with E-state index in [1.54, 1.807) is 25.2 Å². The molecule has 0 unspecified atom stereocenters. The lowest BCUT2D eigenvalue weighted by molar-refractivity contribution is -0.0512. The van der Waals surface area contributed by atoms with E-state index in [2.05, 4.69) is 4.74 Å². The van der Waals surface area contributed by atoms with Crippen LogP contribution in [0.1, 0.15) is 15.9 Å². The van der Waals surface area contributed by atoms with Crippen molar-refractivity contribution in [1.82, 2.24) is 4.90 Å². The van der Waals surface area contributed by atoms with E-state index >= 15 is 0 Å². The number of amides is 1. The largest absolute Gasteiger partial charge is 0.493 e. The van der Waals surface area contributed by atoms with Gasteiger partial charge in [-0.3, -0.25) is 4.79 Å². The molecule has 0 atom stereocenters. The average Bonchev–Trinajstić information content (AvgIpc) is 2.54. The maximum Gasteiger partial charge on any atom is 0.387 e. The summed E-state index contributed by atoms with van der Waals surface area (Å²) in [6.45, 7) is -2.61. The van der Waals surface area contributed by atoms with Gasteiger partial charge in [0.25, 0.3) is 5.91 Å². The second-order valence-corrected chi connectivity index (χ2v) is 5.47. The number of hydrogen-bond acceptors (Lipinski definition) is 3. The van der Waals surface area contributed by atoms with Crippen LogP contribution in [0.2, 0.25) is 5.02 Å². The van der Waals surface area contributed by atoms with E-state index in [1.807, 2.05) is 6.07 Å². The number of alkyl halides is 2. The fourth-order valence-electron chi connectivity index (χ4n) is 2.20. The summed E-state index contributed by atoms with van der Waals surface area (Å²) in [5, 5.41) is 0.587. The highest BCUT2D eigenvalue weighted by Gasteiger charge is 2.17. The SMILES string of the molecule is COc1cc(C(=O)N(C)Cc2cccc(Cl)c2)ccc1OC(F)F. The number of nitrogens with zero attached hydrogens (tertiary/aromatic N) is 1. The van der Waals surface area contributed by atoms with Crippen LogP contribution >= 0.6 is 11.6 Å². The fraction of sp³-hybridized carbons (Fsp3) is 0.235. The first-order valence-electron chi connectivity index (χ1n) is 7.03. The van der Waals surface area contributed by atoms with Crippen LogP contribution in [0.3, 0.4) is 0 Å². The van der Waals surface area contributed by atoms with Gasteiger partial charge in [-0.15, -0.1) is 0 Å². The molecule has 0 aliphatic rings. The molecule has 0 fully saturated rings. The second-order valence-electron chi connectivity index (χ2n) is 5.04. The van der Waals surface area contributed by atoms with Crippen molar-refractivity contribution in [1.29, 1.82) is 0 Å². The molecule has 2 rings (SSSR count). The summed E-state index contributed by atoms with van der Waals surface area (Å²) >= 11 is 5.93. The maximum absolute atomic E-state index is 12.5. The van der Waals surface area contributed by atoms with Crippen molar-refractivity contribution >= 4 is 17.5 Å². The van der Waals surface area contributed by atoms with Crippen LogP contribution in [-0.2, 0) is 6.54 Å². The molecular formula is C17H16ClF2NO3. The lowest BCUT2D eigenvalue weighted by Gasteiger charge is -2.18. The van der Waals surface area contributed by atoms with E-state index in [4.69, 9.17) is 16.3 Å².